The van der Waals surface area contributed by atoms with E-state index in [-0.39, 0.29) is 22.9 Å². The van der Waals surface area contributed by atoms with E-state index in [2.05, 4.69) is 9.97 Å². The van der Waals surface area contributed by atoms with Crippen molar-refractivity contribution in [2.45, 2.75) is 6.92 Å². The van der Waals surface area contributed by atoms with Crippen LogP contribution in [0.15, 0.2) is 41.5 Å². The first-order chi connectivity index (χ1) is 9.11. The van der Waals surface area contributed by atoms with E-state index in [1.807, 2.05) is 6.92 Å². The molecule has 2 rings (SSSR count). The molecule has 0 bridgehead atoms. The molecule has 6 heteroatoms. The summed E-state index contributed by atoms with van der Waals surface area (Å²) in [5, 5.41) is 9.45. The average molecular weight is 259 g/mol. The summed E-state index contributed by atoms with van der Waals surface area (Å²) < 4.78 is 0. The lowest BCUT2D eigenvalue weighted by molar-refractivity contribution is 0.0983. The predicted molar refractivity (Wildman–Crippen MR) is 70.3 cm³/mol. The summed E-state index contributed by atoms with van der Waals surface area (Å²) in [7, 11) is 0. The number of phenols is 1. The van der Waals surface area contributed by atoms with Gasteiger partial charge in [-0.25, -0.2) is 4.98 Å². The fourth-order valence-electron chi connectivity index (χ4n) is 1.70. The van der Waals surface area contributed by atoms with Crippen LogP contribution in [0.5, 0.6) is 5.75 Å². The zero-order valence-electron chi connectivity index (χ0n) is 10.3. The van der Waals surface area contributed by atoms with E-state index in [0.717, 1.165) is 6.20 Å². The van der Waals surface area contributed by atoms with Crippen molar-refractivity contribution in [1.82, 2.24) is 9.97 Å². The lowest BCUT2D eigenvalue weighted by Crippen LogP contribution is -2.31. The number of nitrogens with zero attached hydrogens (tertiary/aromatic N) is 2. The van der Waals surface area contributed by atoms with Crippen molar-refractivity contribution in [2.24, 2.45) is 0 Å². The standard InChI is InChI=1S/C13H13N3O3/c1-2-16(9-4-3-5-10(17)6-9)13(19)11-7-15-12(18)8-14-11/h3-8,17H,2H2,1H3,(H,15,18). The predicted octanol–water partition coefficient (Wildman–Crippen LogP) is 1.14. The number of H-pyrrole nitrogens is 1. The van der Waals surface area contributed by atoms with Gasteiger partial charge in [-0.1, -0.05) is 6.07 Å². The first kappa shape index (κ1) is 12.8. The quantitative estimate of drug-likeness (QED) is 0.865. The summed E-state index contributed by atoms with van der Waals surface area (Å²) in [6.07, 6.45) is 2.33. The first-order valence-corrected chi connectivity index (χ1v) is 5.77. The van der Waals surface area contributed by atoms with E-state index in [1.165, 1.54) is 23.2 Å². The maximum absolute atomic E-state index is 12.3. The van der Waals surface area contributed by atoms with Crippen molar-refractivity contribution in [3.05, 3.63) is 52.7 Å². The summed E-state index contributed by atoms with van der Waals surface area (Å²) in [6, 6.07) is 6.39. The number of hydrogen-bond acceptors (Lipinski definition) is 4. The minimum Gasteiger partial charge on any atom is -0.508 e. The highest BCUT2D eigenvalue weighted by Gasteiger charge is 2.17. The molecule has 6 nitrogen and oxygen atoms in total. The number of carbonyl (C=O) groups is 1. The molecule has 0 atom stereocenters. The molecule has 0 aliphatic carbocycles. The maximum atomic E-state index is 12.3. The molecular formula is C13H13N3O3. The zero-order valence-corrected chi connectivity index (χ0v) is 10.3. The number of benzene rings is 1. The van der Waals surface area contributed by atoms with Crippen LogP contribution in [0.4, 0.5) is 5.69 Å². The Balaban J connectivity index is 2.34. The molecule has 1 aromatic heterocycles. The minimum absolute atomic E-state index is 0.0816. The monoisotopic (exact) mass is 259 g/mol. The lowest BCUT2D eigenvalue weighted by atomic mass is 10.2. The Kier molecular flexibility index (Phi) is 3.61. The van der Waals surface area contributed by atoms with Gasteiger partial charge in [0.15, 0.2) is 0 Å². The van der Waals surface area contributed by atoms with Gasteiger partial charge in [-0.15, -0.1) is 0 Å². The van der Waals surface area contributed by atoms with Crippen LogP contribution in [0.3, 0.4) is 0 Å². The molecule has 0 radical (unpaired) electrons. The molecule has 0 aliphatic rings. The molecule has 0 saturated heterocycles. The fourth-order valence-corrected chi connectivity index (χ4v) is 1.70. The second-order valence-electron chi connectivity index (χ2n) is 3.87. The van der Waals surface area contributed by atoms with E-state index < -0.39 is 0 Å². The van der Waals surface area contributed by atoms with Gasteiger partial charge >= 0.3 is 0 Å². The number of phenolic OH excluding ortho intramolecular Hbond substituents is 1. The van der Waals surface area contributed by atoms with Crippen LogP contribution in [-0.4, -0.2) is 27.5 Å². The molecule has 19 heavy (non-hydrogen) atoms. The van der Waals surface area contributed by atoms with Gasteiger partial charge in [-0.3, -0.25) is 9.59 Å². The Bertz CT molecular complexity index is 631. The number of rotatable bonds is 3. The normalized spacial score (nSPS) is 10.2. The molecule has 2 N–H and O–H groups in total. The van der Waals surface area contributed by atoms with Crippen LogP contribution in [-0.2, 0) is 0 Å². The van der Waals surface area contributed by atoms with Crippen molar-refractivity contribution in [3.63, 3.8) is 0 Å². The van der Waals surface area contributed by atoms with E-state index in [4.69, 9.17) is 0 Å². The smallest absolute Gasteiger partial charge is 0.278 e. The molecule has 1 heterocycles. The van der Waals surface area contributed by atoms with Gasteiger partial charge in [0.25, 0.3) is 11.5 Å². The van der Waals surface area contributed by atoms with Crippen LogP contribution < -0.4 is 10.5 Å². The number of aromatic amines is 1. The molecule has 1 aromatic carbocycles. The van der Waals surface area contributed by atoms with E-state index in [9.17, 15) is 14.7 Å². The molecular weight excluding hydrogens is 246 g/mol. The largest absolute Gasteiger partial charge is 0.508 e. The summed E-state index contributed by atoms with van der Waals surface area (Å²) in [4.78, 5) is 30.8. The minimum atomic E-state index is -0.364. The topological polar surface area (TPSA) is 86.3 Å². The highest BCUT2D eigenvalue weighted by atomic mass is 16.3. The van der Waals surface area contributed by atoms with Gasteiger partial charge in [-0.2, -0.15) is 0 Å². The summed E-state index contributed by atoms with van der Waals surface area (Å²) in [6.45, 7) is 2.23. The third kappa shape index (κ3) is 2.79. The average Bonchev–Trinajstić information content (AvgIpc) is 2.40. The van der Waals surface area contributed by atoms with E-state index >= 15 is 0 Å². The third-order valence-electron chi connectivity index (χ3n) is 2.59. The van der Waals surface area contributed by atoms with E-state index in [0.29, 0.717) is 12.2 Å². The Morgan fingerprint density at radius 1 is 1.47 bits per heavy atom. The molecule has 2 aromatic rings. The number of aromatic nitrogens is 2. The first-order valence-electron chi connectivity index (χ1n) is 5.77. The third-order valence-corrected chi connectivity index (χ3v) is 2.59. The number of carbonyl (C=O) groups excluding carboxylic acids is 1. The maximum Gasteiger partial charge on any atom is 0.278 e. The van der Waals surface area contributed by atoms with Gasteiger partial charge < -0.3 is 15.0 Å². The second-order valence-corrected chi connectivity index (χ2v) is 3.87. The Hall–Kier alpha value is -2.63. The molecule has 1 amide bonds. The number of anilines is 1. The summed E-state index contributed by atoms with van der Waals surface area (Å²) in [5.74, 6) is -0.262. The van der Waals surface area contributed by atoms with Crippen LogP contribution in [0, 0.1) is 0 Å². The molecule has 0 fully saturated rings. The molecule has 0 spiro atoms. The molecule has 0 unspecified atom stereocenters. The van der Waals surface area contributed by atoms with Crippen LogP contribution >= 0.6 is 0 Å². The Morgan fingerprint density at radius 3 is 2.84 bits per heavy atom. The van der Waals surface area contributed by atoms with Crippen LogP contribution in [0.25, 0.3) is 0 Å². The highest BCUT2D eigenvalue weighted by molar-refractivity contribution is 6.04. The molecule has 98 valence electrons. The van der Waals surface area contributed by atoms with Crippen molar-refractivity contribution in [3.8, 4) is 5.75 Å². The van der Waals surface area contributed by atoms with Crippen molar-refractivity contribution < 1.29 is 9.90 Å². The molecule has 0 saturated carbocycles. The van der Waals surface area contributed by atoms with Crippen LogP contribution in [0.1, 0.15) is 17.4 Å². The van der Waals surface area contributed by atoms with Crippen molar-refractivity contribution >= 4 is 11.6 Å². The molecule has 0 aliphatic heterocycles. The summed E-state index contributed by atoms with van der Waals surface area (Å²) >= 11 is 0. The summed E-state index contributed by atoms with van der Waals surface area (Å²) in [5.41, 5.74) is 0.349. The van der Waals surface area contributed by atoms with Gasteiger partial charge in [0.2, 0.25) is 0 Å². The number of aromatic hydroxyl groups is 1. The van der Waals surface area contributed by atoms with E-state index in [1.54, 1.807) is 12.1 Å². The van der Waals surface area contributed by atoms with Crippen molar-refractivity contribution in [2.75, 3.05) is 11.4 Å². The van der Waals surface area contributed by atoms with Gasteiger partial charge in [-0.05, 0) is 19.1 Å². The second kappa shape index (κ2) is 5.34. The van der Waals surface area contributed by atoms with Crippen LogP contribution in [0.2, 0.25) is 0 Å². The van der Waals surface area contributed by atoms with Crippen molar-refractivity contribution in [1.29, 1.82) is 0 Å². The van der Waals surface area contributed by atoms with Gasteiger partial charge in [0.1, 0.15) is 11.4 Å². The number of nitrogens with one attached hydrogen (secondary N) is 1. The Morgan fingerprint density at radius 2 is 2.26 bits per heavy atom. The zero-order chi connectivity index (χ0) is 13.8. The lowest BCUT2D eigenvalue weighted by Gasteiger charge is -2.20. The highest BCUT2D eigenvalue weighted by Crippen LogP contribution is 2.21. The number of amides is 1. The SMILES string of the molecule is CCN(C(=O)c1c[nH]c(=O)cn1)c1cccc(O)c1. The Labute approximate surface area is 109 Å². The fraction of sp³-hybridized carbons (Fsp3) is 0.154. The number of hydrogen-bond donors (Lipinski definition) is 2. The van der Waals surface area contributed by atoms with Gasteiger partial charge in [0, 0.05) is 24.5 Å². The van der Waals surface area contributed by atoms with Gasteiger partial charge in [0.05, 0.1) is 6.20 Å².